The van der Waals surface area contributed by atoms with Gasteiger partial charge in [0.15, 0.2) is 0 Å². The molecule has 0 amide bonds. The van der Waals surface area contributed by atoms with Crippen LogP contribution >= 0.6 is 15.9 Å². The van der Waals surface area contributed by atoms with E-state index in [1.807, 2.05) is 0 Å². The van der Waals surface area contributed by atoms with E-state index in [2.05, 4.69) is 51.7 Å². The lowest BCUT2D eigenvalue weighted by Gasteiger charge is -2.19. The SMILES string of the molecule is NNC(Cc1ccc(Br)cc1)C1=CCCCCC1. The normalized spacial score (nSPS) is 18.0. The molecule has 2 rings (SSSR count). The van der Waals surface area contributed by atoms with E-state index >= 15 is 0 Å². The van der Waals surface area contributed by atoms with E-state index in [4.69, 9.17) is 5.84 Å². The minimum atomic E-state index is 0.282. The van der Waals surface area contributed by atoms with Gasteiger partial charge in [0.2, 0.25) is 0 Å². The summed E-state index contributed by atoms with van der Waals surface area (Å²) in [5.41, 5.74) is 5.79. The van der Waals surface area contributed by atoms with Crippen molar-refractivity contribution in [1.82, 2.24) is 5.43 Å². The molecule has 1 unspecified atom stereocenters. The summed E-state index contributed by atoms with van der Waals surface area (Å²) >= 11 is 3.46. The van der Waals surface area contributed by atoms with Gasteiger partial charge in [0.05, 0.1) is 0 Å². The average molecular weight is 309 g/mol. The van der Waals surface area contributed by atoms with Crippen molar-refractivity contribution in [3.63, 3.8) is 0 Å². The lowest BCUT2D eigenvalue weighted by Crippen LogP contribution is -2.38. The van der Waals surface area contributed by atoms with E-state index in [0.717, 1.165) is 10.9 Å². The molecular formula is C15H21BrN2. The molecule has 0 radical (unpaired) electrons. The topological polar surface area (TPSA) is 38.0 Å². The van der Waals surface area contributed by atoms with Crippen LogP contribution in [0.3, 0.4) is 0 Å². The summed E-state index contributed by atoms with van der Waals surface area (Å²) in [5.74, 6) is 5.73. The average Bonchev–Trinajstić information content (AvgIpc) is 2.67. The van der Waals surface area contributed by atoms with Gasteiger partial charge in [-0.05, 0) is 49.8 Å². The molecule has 0 saturated heterocycles. The summed E-state index contributed by atoms with van der Waals surface area (Å²) in [6.07, 6.45) is 9.70. The van der Waals surface area contributed by atoms with Crippen LogP contribution in [-0.2, 0) is 6.42 Å². The fourth-order valence-electron chi connectivity index (χ4n) is 2.51. The second-order valence-electron chi connectivity index (χ2n) is 4.93. The maximum atomic E-state index is 5.73. The van der Waals surface area contributed by atoms with Crippen molar-refractivity contribution in [3.8, 4) is 0 Å². The number of hydrogen-bond acceptors (Lipinski definition) is 2. The van der Waals surface area contributed by atoms with Crippen molar-refractivity contribution < 1.29 is 0 Å². The highest BCUT2D eigenvalue weighted by molar-refractivity contribution is 9.10. The Balaban J connectivity index is 2.04. The number of hydrazine groups is 1. The number of nitrogens with two attached hydrogens (primary N) is 1. The summed E-state index contributed by atoms with van der Waals surface area (Å²) in [6.45, 7) is 0. The maximum Gasteiger partial charge on any atom is 0.0460 e. The Hall–Kier alpha value is -0.640. The van der Waals surface area contributed by atoms with Gasteiger partial charge in [0.1, 0.15) is 0 Å². The van der Waals surface area contributed by atoms with E-state index in [-0.39, 0.29) is 6.04 Å². The predicted molar refractivity (Wildman–Crippen MR) is 80.1 cm³/mol. The van der Waals surface area contributed by atoms with Gasteiger partial charge in [-0.1, -0.05) is 46.1 Å². The van der Waals surface area contributed by atoms with Gasteiger partial charge in [-0.25, -0.2) is 0 Å². The number of hydrogen-bond donors (Lipinski definition) is 2. The van der Waals surface area contributed by atoms with Crippen LogP contribution in [0.2, 0.25) is 0 Å². The molecule has 3 heteroatoms. The molecule has 1 atom stereocenters. The van der Waals surface area contributed by atoms with E-state index in [1.54, 1.807) is 0 Å². The van der Waals surface area contributed by atoms with Gasteiger partial charge in [0.25, 0.3) is 0 Å². The third-order valence-corrected chi connectivity index (χ3v) is 4.11. The molecular weight excluding hydrogens is 288 g/mol. The summed E-state index contributed by atoms with van der Waals surface area (Å²) in [6, 6.07) is 8.77. The second-order valence-corrected chi connectivity index (χ2v) is 5.84. The van der Waals surface area contributed by atoms with Gasteiger partial charge in [-0.15, -0.1) is 0 Å². The maximum absolute atomic E-state index is 5.73. The lowest BCUT2D eigenvalue weighted by molar-refractivity contribution is 0.564. The smallest absolute Gasteiger partial charge is 0.0460 e. The van der Waals surface area contributed by atoms with Crippen LogP contribution in [0.4, 0.5) is 0 Å². The van der Waals surface area contributed by atoms with E-state index in [0.29, 0.717) is 0 Å². The van der Waals surface area contributed by atoms with Crippen LogP contribution in [0.15, 0.2) is 40.4 Å². The number of rotatable bonds is 4. The summed E-state index contributed by atoms with van der Waals surface area (Å²) < 4.78 is 1.12. The second kappa shape index (κ2) is 7.07. The number of halogens is 1. The zero-order chi connectivity index (χ0) is 12.8. The molecule has 0 heterocycles. The van der Waals surface area contributed by atoms with Crippen molar-refractivity contribution in [1.29, 1.82) is 0 Å². The van der Waals surface area contributed by atoms with Crippen molar-refractivity contribution >= 4 is 15.9 Å². The Labute approximate surface area is 118 Å². The van der Waals surface area contributed by atoms with E-state index < -0.39 is 0 Å². The summed E-state index contributed by atoms with van der Waals surface area (Å²) in [4.78, 5) is 0. The largest absolute Gasteiger partial charge is 0.271 e. The molecule has 1 aromatic carbocycles. The van der Waals surface area contributed by atoms with Gasteiger partial charge >= 0.3 is 0 Å². The zero-order valence-corrected chi connectivity index (χ0v) is 12.2. The molecule has 3 N–H and O–H groups in total. The zero-order valence-electron chi connectivity index (χ0n) is 10.7. The molecule has 18 heavy (non-hydrogen) atoms. The third kappa shape index (κ3) is 3.94. The van der Waals surface area contributed by atoms with Gasteiger partial charge in [-0.3, -0.25) is 11.3 Å². The molecule has 0 bridgehead atoms. The number of allylic oxidation sites excluding steroid dienone is 1. The standard InChI is InChI=1S/C15H21BrN2/c16-14-9-7-12(8-10-14)11-15(18-17)13-5-3-1-2-4-6-13/h5,7-10,15,18H,1-4,6,11,17H2. The van der Waals surface area contributed by atoms with Crippen LogP contribution < -0.4 is 11.3 Å². The molecule has 2 nitrogen and oxygen atoms in total. The molecule has 1 aliphatic rings. The van der Waals surface area contributed by atoms with Crippen molar-refractivity contribution in [2.45, 2.75) is 44.6 Å². The van der Waals surface area contributed by atoms with Crippen molar-refractivity contribution in [2.24, 2.45) is 5.84 Å². The van der Waals surface area contributed by atoms with Crippen molar-refractivity contribution in [2.75, 3.05) is 0 Å². The molecule has 1 aliphatic carbocycles. The molecule has 98 valence electrons. The monoisotopic (exact) mass is 308 g/mol. The predicted octanol–water partition coefficient (Wildman–Crippen LogP) is 3.71. The minimum Gasteiger partial charge on any atom is -0.271 e. The fourth-order valence-corrected chi connectivity index (χ4v) is 2.77. The van der Waals surface area contributed by atoms with Crippen LogP contribution in [0.25, 0.3) is 0 Å². The Morgan fingerprint density at radius 2 is 1.94 bits per heavy atom. The molecule has 0 fully saturated rings. The highest BCUT2D eigenvalue weighted by Gasteiger charge is 2.14. The first kappa shape index (κ1) is 13.8. The number of nitrogens with one attached hydrogen (secondary N) is 1. The van der Waals surface area contributed by atoms with Crippen molar-refractivity contribution in [3.05, 3.63) is 46.0 Å². The molecule has 0 aromatic heterocycles. The minimum absolute atomic E-state index is 0.282. The summed E-state index contributed by atoms with van der Waals surface area (Å²) in [7, 11) is 0. The van der Waals surface area contributed by atoms with Crippen LogP contribution in [-0.4, -0.2) is 6.04 Å². The Morgan fingerprint density at radius 3 is 2.67 bits per heavy atom. The highest BCUT2D eigenvalue weighted by atomic mass is 79.9. The fraction of sp³-hybridized carbons (Fsp3) is 0.467. The Kier molecular flexibility index (Phi) is 5.42. The first-order valence-corrected chi connectivity index (χ1v) is 7.48. The summed E-state index contributed by atoms with van der Waals surface area (Å²) in [5, 5.41) is 0. The van der Waals surface area contributed by atoms with E-state index in [9.17, 15) is 0 Å². The quantitative estimate of drug-likeness (QED) is 0.505. The molecule has 1 aromatic rings. The Morgan fingerprint density at radius 1 is 1.17 bits per heavy atom. The van der Waals surface area contributed by atoms with Gasteiger partial charge in [-0.2, -0.15) is 0 Å². The first-order valence-electron chi connectivity index (χ1n) is 6.69. The third-order valence-electron chi connectivity index (χ3n) is 3.58. The number of benzene rings is 1. The lowest BCUT2D eigenvalue weighted by atomic mass is 9.96. The molecule has 0 spiro atoms. The Bertz CT molecular complexity index is 397. The van der Waals surface area contributed by atoms with Gasteiger partial charge in [0, 0.05) is 10.5 Å². The van der Waals surface area contributed by atoms with Crippen LogP contribution in [0, 0.1) is 0 Å². The van der Waals surface area contributed by atoms with Gasteiger partial charge < -0.3 is 0 Å². The molecule has 0 saturated carbocycles. The van der Waals surface area contributed by atoms with E-state index in [1.165, 1.54) is 43.2 Å². The van der Waals surface area contributed by atoms with Crippen LogP contribution in [0.1, 0.15) is 37.7 Å². The first-order chi connectivity index (χ1) is 8.79. The van der Waals surface area contributed by atoms with Crippen LogP contribution in [0.5, 0.6) is 0 Å². The highest BCUT2D eigenvalue weighted by Crippen LogP contribution is 2.22. The molecule has 0 aliphatic heterocycles.